The zero-order valence-electron chi connectivity index (χ0n) is 11.1. The summed E-state index contributed by atoms with van der Waals surface area (Å²) in [5, 5.41) is 3.18. The van der Waals surface area contributed by atoms with Gasteiger partial charge in [-0.25, -0.2) is 0 Å². The van der Waals surface area contributed by atoms with E-state index in [9.17, 15) is 8.42 Å². The van der Waals surface area contributed by atoms with Crippen molar-refractivity contribution in [1.82, 2.24) is 14.3 Å². The second-order valence-corrected chi connectivity index (χ2v) is 6.73. The van der Waals surface area contributed by atoms with E-state index in [1.165, 1.54) is 4.31 Å². The Morgan fingerprint density at radius 1 is 1.35 bits per heavy atom. The highest BCUT2D eigenvalue weighted by Gasteiger charge is 2.30. The molecule has 0 radical (unpaired) electrons. The molecule has 102 valence electrons. The van der Waals surface area contributed by atoms with Crippen LogP contribution in [0.4, 0.5) is 0 Å². The Kier molecular flexibility index (Phi) is 5.85. The van der Waals surface area contributed by atoms with Crippen LogP contribution in [-0.2, 0) is 10.2 Å². The van der Waals surface area contributed by atoms with Gasteiger partial charge in [-0.1, -0.05) is 13.8 Å². The van der Waals surface area contributed by atoms with Crippen molar-refractivity contribution in [3.05, 3.63) is 0 Å². The third-order valence-corrected chi connectivity index (χ3v) is 4.81. The van der Waals surface area contributed by atoms with Crippen molar-refractivity contribution in [2.24, 2.45) is 5.92 Å². The molecule has 1 saturated carbocycles. The molecule has 1 fully saturated rings. The fourth-order valence-electron chi connectivity index (χ4n) is 2.02. The first-order valence-corrected chi connectivity index (χ1v) is 7.84. The molecule has 1 rings (SSSR count). The summed E-state index contributed by atoms with van der Waals surface area (Å²) in [4.78, 5) is 0. The van der Waals surface area contributed by atoms with E-state index in [-0.39, 0.29) is 6.04 Å². The van der Waals surface area contributed by atoms with Crippen LogP contribution in [0.5, 0.6) is 0 Å². The van der Waals surface area contributed by atoms with Crippen molar-refractivity contribution in [2.75, 3.05) is 26.7 Å². The highest BCUT2D eigenvalue weighted by atomic mass is 32.2. The zero-order valence-corrected chi connectivity index (χ0v) is 11.9. The molecule has 0 bridgehead atoms. The maximum absolute atomic E-state index is 11.9. The Morgan fingerprint density at radius 3 is 2.53 bits per heavy atom. The highest BCUT2D eigenvalue weighted by Crippen LogP contribution is 2.26. The molecule has 0 saturated heterocycles. The van der Waals surface area contributed by atoms with Crippen LogP contribution < -0.4 is 10.0 Å². The maximum atomic E-state index is 11.9. The van der Waals surface area contributed by atoms with E-state index in [2.05, 4.69) is 17.0 Å². The smallest absolute Gasteiger partial charge is 0.279 e. The number of hydrogen-bond donors (Lipinski definition) is 2. The van der Waals surface area contributed by atoms with Crippen LogP contribution in [0.15, 0.2) is 0 Å². The van der Waals surface area contributed by atoms with Crippen LogP contribution in [0, 0.1) is 5.92 Å². The van der Waals surface area contributed by atoms with Gasteiger partial charge in [-0.15, -0.1) is 0 Å². The first kappa shape index (κ1) is 14.9. The molecule has 0 unspecified atom stereocenters. The molecule has 17 heavy (non-hydrogen) atoms. The second kappa shape index (κ2) is 6.68. The van der Waals surface area contributed by atoms with E-state index in [0.717, 1.165) is 32.4 Å². The Balaban J connectivity index is 2.25. The van der Waals surface area contributed by atoms with Crippen LogP contribution in [0.3, 0.4) is 0 Å². The van der Waals surface area contributed by atoms with Gasteiger partial charge in [-0.05, 0) is 38.3 Å². The molecule has 0 spiro atoms. The van der Waals surface area contributed by atoms with Gasteiger partial charge < -0.3 is 5.32 Å². The lowest BCUT2D eigenvalue weighted by Gasteiger charge is -2.34. The van der Waals surface area contributed by atoms with E-state index in [0.29, 0.717) is 12.5 Å². The molecule has 0 atom stereocenters. The fourth-order valence-corrected chi connectivity index (χ4v) is 3.19. The van der Waals surface area contributed by atoms with E-state index in [1.54, 1.807) is 7.05 Å². The summed E-state index contributed by atoms with van der Waals surface area (Å²) in [5.41, 5.74) is 0. The fraction of sp³-hybridized carbons (Fsp3) is 1.00. The number of rotatable bonds is 8. The standard InChI is InChI=1S/C11H25N3O2S/c1-4-12-6-5-7-14(3)17(15,16)13-11-8-10(2)9-11/h10-13H,4-9H2,1-3H3. The zero-order chi connectivity index (χ0) is 12.9. The lowest BCUT2D eigenvalue weighted by atomic mass is 9.83. The summed E-state index contributed by atoms with van der Waals surface area (Å²) in [7, 11) is -1.64. The highest BCUT2D eigenvalue weighted by molar-refractivity contribution is 7.87. The molecular weight excluding hydrogens is 238 g/mol. The van der Waals surface area contributed by atoms with Gasteiger partial charge in [0.25, 0.3) is 10.2 Å². The molecule has 6 heteroatoms. The summed E-state index contributed by atoms with van der Waals surface area (Å²) >= 11 is 0. The van der Waals surface area contributed by atoms with E-state index in [4.69, 9.17) is 0 Å². The topological polar surface area (TPSA) is 61.4 Å². The van der Waals surface area contributed by atoms with Crippen LogP contribution in [0.1, 0.15) is 33.1 Å². The molecule has 0 aromatic heterocycles. The average molecular weight is 263 g/mol. The van der Waals surface area contributed by atoms with Crippen molar-refractivity contribution < 1.29 is 8.42 Å². The van der Waals surface area contributed by atoms with Gasteiger partial charge in [0.1, 0.15) is 0 Å². The summed E-state index contributed by atoms with van der Waals surface area (Å²) in [5.74, 6) is 0.654. The molecule has 1 aliphatic rings. The minimum atomic E-state index is -3.28. The van der Waals surface area contributed by atoms with Crippen LogP contribution >= 0.6 is 0 Å². The Labute approximate surface area is 105 Å². The van der Waals surface area contributed by atoms with Crippen molar-refractivity contribution in [3.63, 3.8) is 0 Å². The largest absolute Gasteiger partial charge is 0.317 e. The summed E-state index contributed by atoms with van der Waals surface area (Å²) in [6, 6.07) is 0.145. The van der Waals surface area contributed by atoms with Crippen LogP contribution in [0.2, 0.25) is 0 Å². The van der Waals surface area contributed by atoms with Gasteiger partial charge in [0, 0.05) is 19.6 Å². The molecule has 2 N–H and O–H groups in total. The predicted octanol–water partition coefficient (Wildman–Crippen LogP) is 0.551. The van der Waals surface area contributed by atoms with E-state index >= 15 is 0 Å². The molecule has 0 amide bonds. The Hall–Kier alpha value is -0.170. The third-order valence-electron chi connectivity index (χ3n) is 3.18. The van der Waals surface area contributed by atoms with Crippen molar-refractivity contribution in [2.45, 2.75) is 39.2 Å². The van der Waals surface area contributed by atoms with Gasteiger partial charge in [0.15, 0.2) is 0 Å². The molecule has 0 aliphatic heterocycles. The number of hydrogen-bond acceptors (Lipinski definition) is 3. The molecule has 5 nitrogen and oxygen atoms in total. The normalized spacial score (nSPS) is 24.9. The molecule has 0 aromatic carbocycles. The van der Waals surface area contributed by atoms with Crippen molar-refractivity contribution in [3.8, 4) is 0 Å². The second-order valence-electron chi connectivity index (χ2n) is 4.93. The van der Waals surface area contributed by atoms with Gasteiger partial charge in [-0.2, -0.15) is 17.4 Å². The SMILES string of the molecule is CCNCCCN(C)S(=O)(=O)NC1CC(C)C1. The van der Waals surface area contributed by atoms with Gasteiger partial charge in [0.2, 0.25) is 0 Å². The lowest BCUT2D eigenvalue weighted by Crippen LogP contribution is -2.49. The Morgan fingerprint density at radius 2 is 2.00 bits per heavy atom. The summed E-state index contributed by atoms with van der Waals surface area (Å²) in [6.07, 6.45) is 2.77. The predicted molar refractivity (Wildman–Crippen MR) is 70.0 cm³/mol. The Bertz CT molecular complexity index is 313. The first-order chi connectivity index (χ1) is 7.95. The molecule has 0 aromatic rings. The van der Waals surface area contributed by atoms with Crippen LogP contribution in [0.25, 0.3) is 0 Å². The number of nitrogens with one attached hydrogen (secondary N) is 2. The maximum Gasteiger partial charge on any atom is 0.279 e. The quantitative estimate of drug-likeness (QED) is 0.629. The van der Waals surface area contributed by atoms with E-state index in [1.807, 2.05) is 6.92 Å². The minimum absolute atomic E-state index is 0.145. The van der Waals surface area contributed by atoms with E-state index < -0.39 is 10.2 Å². The first-order valence-electron chi connectivity index (χ1n) is 6.40. The van der Waals surface area contributed by atoms with Crippen molar-refractivity contribution >= 4 is 10.2 Å². The van der Waals surface area contributed by atoms with Gasteiger partial charge in [0.05, 0.1) is 0 Å². The summed E-state index contributed by atoms with van der Waals surface area (Å²) < 4.78 is 27.9. The lowest BCUT2D eigenvalue weighted by molar-refractivity contribution is 0.265. The molecule has 1 aliphatic carbocycles. The molecule has 0 heterocycles. The number of nitrogens with zero attached hydrogens (tertiary/aromatic N) is 1. The van der Waals surface area contributed by atoms with Crippen LogP contribution in [-0.4, -0.2) is 45.4 Å². The molecular formula is C11H25N3O2S. The minimum Gasteiger partial charge on any atom is -0.317 e. The van der Waals surface area contributed by atoms with Gasteiger partial charge >= 0.3 is 0 Å². The van der Waals surface area contributed by atoms with Gasteiger partial charge in [-0.3, -0.25) is 0 Å². The average Bonchev–Trinajstić information content (AvgIpc) is 2.21. The third kappa shape index (κ3) is 4.91. The summed E-state index contributed by atoms with van der Waals surface area (Å²) in [6.45, 7) is 6.53. The van der Waals surface area contributed by atoms with Crippen molar-refractivity contribution in [1.29, 1.82) is 0 Å². The monoisotopic (exact) mass is 263 g/mol.